The Morgan fingerprint density at radius 3 is 2.62 bits per heavy atom. The Kier molecular flexibility index (Phi) is 5.03. The van der Waals surface area contributed by atoms with Crippen molar-refractivity contribution in [1.82, 2.24) is 20.2 Å². The number of aryl methyl sites for hydroxylation is 1. The summed E-state index contributed by atoms with van der Waals surface area (Å²) in [7, 11) is 0. The molecule has 2 heterocycles. The van der Waals surface area contributed by atoms with Gasteiger partial charge in [0.1, 0.15) is 11.5 Å². The molecule has 144 valence electrons. The van der Waals surface area contributed by atoms with Crippen LogP contribution in [0, 0.1) is 13.8 Å². The molecule has 0 aliphatic heterocycles. The number of aromatic nitrogens is 4. The van der Waals surface area contributed by atoms with E-state index in [4.69, 9.17) is 4.42 Å². The van der Waals surface area contributed by atoms with Crippen molar-refractivity contribution >= 4 is 23.4 Å². The summed E-state index contributed by atoms with van der Waals surface area (Å²) < 4.78 is 6.83. The molecule has 0 aliphatic carbocycles. The molecule has 1 N–H and O–H groups in total. The van der Waals surface area contributed by atoms with Gasteiger partial charge in [0.15, 0.2) is 5.82 Å². The van der Waals surface area contributed by atoms with Crippen LogP contribution in [-0.2, 0) is 4.79 Å². The number of furan rings is 1. The summed E-state index contributed by atoms with van der Waals surface area (Å²) in [6.45, 7) is 3.97. The third-order valence-electron chi connectivity index (χ3n) is 4.64. The van der Waals surface area contributed by atoms with E-state index in [2.05, 4.69) is 20.8 Å². The van der Waals surface area contributed by atoms with Crippen molar-refractivity contribution in [3.8, 4) is 11.4 Å². The van der Waals surface area contributed by atoms with E-state index < -0.39 is 0 Å². The standard InChI is InChI=1S/C22H19N5O2/c1-15-8-6-12-19(16(15)2)23-22(28)20(14-18-11-7-13-29-18)27-21(24-25-26-27)17-9-4-3-5-10-17/h3-14H,1-2H3,(H,23,28)/b20-14+. The lowest BCUT2D eigenvalue weighted by Gasteiger charge is -2.13. The molecule has 0 bridgehead atoms. The molecule has 0 radical (unpaired) electrons. The minimum Gasteiger partial charge on any atom is -0.465 e. The van der Waals surface area contributed by atoms with Gasteiger partial charge in [-0.15, -0.1) is 5.10 Å². The molecular formula is C22H19N5O2. The second-order valence-electron chi connectivity index (χ2n) is 6.53. The molecule has 29 heavy (non-hydrogen) atoms. The van der Waals surface area contributed by atoms with Crippen LogP contribution in [0.2, 0.25) is 0 Å². The van der Waals surface area contributed by atoms with E-state index in [0.717, 1.165) is 22.4 Å². The van der Waals surface area contributed by atoms with Crippen molar-refractivity contribution in [3.63, 3.8) is 0 Å². The number of benzene rings is 2. The van der Waals surface area contributed by atoms with Gasteiger partial charge < -0.3 is 9.73 Å². The molecule has 0 atom stereocenters. The zero-order valence-corrected chi connectivity index (χ0v) is 16.0. The third kappa shape index (κ3) is 3.84. The maximum atomic E-state index is 13.2. The third-order valence-corrected chi connectivity index (χ3v) is 4.64. The fourth-order valence-corrected chi connectivity index (χ4v) is 2.92. The Hall–Kier alpha value is -4.00. The van der Waals surface area contributed by atoms with Gasteiger partial charge >= 0.3 is 0 Å². The first-order valence-electron chi connectivity index (χ1n) is 9.10. The first-order chi connectivity index (χ1) is 14.1. The van der Waals surface area contributed by atoms with Crippen molar-refractivity contribution in [2.45, 2.75) is 13.8 Å². The molecule has 4 rings (SSSR count). The number of hydrogen-bond acceptors (Lipinski definition) is 5. The fraction of sp³-hybridized carbons (Fsp3) is 0.0909. The minimum atomic E-state index is -0.348. The highest BCUT2D eigenvalue weighted by Crippen LogP contribution is 2.23. The predicted molar refractivity (Wildman–Crippen MR) is 111 cm³/mol. The Labute approximate surface area is 167 Å². The number of nitrogens with one attached hydrogen (secondary N) is 1. The number of carbonyl (C=O) groups excluding carboxylic acids is 1. The summed E-state index contributed by atoms with van der Waals surface area (Å²) in [4.78, 5) is 13.2. The van der Waals surface area contributed by atoms with E-state index in [1.54, 1.807) is 24.5 Å². The SMILES string of the molecule is Cc1cccc(NC(=O)/C(=C\c2ccco2)n2nnnc2-c2ccccc2)c1C. The average molecular weight is 385 g/mol. The highest BCUT2D eigenvalue weighted by molar-refractivity contribution is 6.24. The molecule has 0 unspecified atom stereocenters. The zero-order chi connectivity index (χ0) is 20.2. The van der Waals surface area contributed by atoms with Crippen molar-refractivity contribution in [2.24, 2.45) is 0 Å². The molecule has 0 fully saturated rings. The summed E-state index contributed by atoms with van der Waals surface area (Å²) in [6.07, 6.45) is 3.16. The number of rotatable bonds is 5. The summed E-state index contributed by atoms with van der Waals surface area (Å²) in [6, 6.07) is 18.7. The molecule has 7 nitrogen and oxygen atoms in total. The van der Waals surface area contributed by atoms with Gasteiger partial charge in [-0.25, -0.2) is 0 Å². The fourth-order valence-electron chi connectivity index (χ4n) is 2.92. The van der Waals surface area contributed by atoms with Crippen molar-refractivity contribution in [2.75, 3.05) is 5.32 Å². The number of carbonyl (C=O) groups is 1. The summed E-state index contributed by atoms with van der Waals surface area (Å²) in [5.41, 5.74) is 3.85. The summed E-state index contributed by atoms with van der Waals surface area (Å²) in [5.74, 6) is 0.629. The van der Waals surface area contributed by atoms with Crippen LogP contribution in [-0.4, -0.2) is 26.1 Å². The van der Waals surface area contributed by atoms with Gasteiger partial charge in [0.2, 0.25) is 0 Å². The van der Waals surface area contributed by atoms with Crippen LogP contribution in [0.4, 0.5) is 5.69 Å². The highest BCUT2D eigenvalue weighted by Gasteiger charge is 2.20. The Balaban J connectivity index is 1.77. The molecular weight excluding hydrogens is 366 g/mol. The van der Waals surface area contributed by atoms with Gasteiger partial charge in [-0.1, -0.05) is 42.5 Å². The second kappa shape index (κ2) is 7.93. The first-order valence-corrected chi connectivity index (χ1v) is 9.10. The first kappa shape index (κ1) is 18.4. The average Bonchev–Trinajstić information content (AvgIpc) is 3.42. The molecule has 2 aromatic carbocycles. The highest BCUT2D eigenvalue weighted by atomic mass is 16.3. The number of tetrazole rings is 1. The van der Waals surface area contributed by atoms with Gasteiger partial charge in [0, 0.05) is 17.3 Å². The molecule has 0 aliphatic rings. The van der Waals surface area contributed by atoms with Crippen LogP contribution in [0.3, 0.4) is 0 Å². The molecule has 4 aromatic rings. The molecule has 7 heteroatoms. The van der Waals surface area contributed by atoms with E-state index >= 15 is 0 Å². The molecule has 0 saturated carbocycles. The van der Waals surface area contributed by atoms with Crippen molar-refractivity contribution in [3.05, 3.63) is 83.8 Å². The van der Waals surface area contributed by atoms with Gasteiger partial charge in [0.25, 0.3) is 5.91 Å². The number of anilines is 1. The van der Waals surface area contributed by atoms with E-state index in [0.29, 0.717) is 11.6 Å². The van der Waals surface area contributed by atoms with E-state index in [9.17, 15) is 4.79 Å². The maximum Gasteiger partial charge on any atom is 0.274 e. The summed E-state index contributed by atoms with van der Waals surface area (Å²) in [5, 5.41) is 14.9. The predicted octanol–water partition coefficient (Wildman–Crippen LogP) is 4.19. The molecule has 0 spiro atoms. The van der Waals surface area contributed by atoms with Crippen LogP contribution >= 0.6 is 0 Å². The zero-order valence-electron chi connectivity index (χ0n) is 16.0. The minimum absolute atomic E-state index is 0.240. The lowest BCUT2D eigenvalue weighted by Crippen LogP contribution is -2.20. The quantitative estimate of drug-likeness (QED) is 0.521. The van der Waals surface area contributed by atoms with Crippen LogP contribution in [0.15, 0.2) is 71.3 Å². The van der Waals surface area contributed by atoms with Crippen molar-refractivity contribution in [1.29, 1.82) is 0 Å². The normalized spacial score (nSPS) is 11.4. The number of nitrogens with zero attached hydrogens (tertiary/aromatic N) is 4. The van der Waals surface area contributed by atoms with E-state index in [1.165, 1.54) is 4.68 Å². The summed E-state index contributed by atoms with van der Waals surface area (Å²) >= 11 is 0. The monoisotopic (exact) mass is 385 g/mol. The maximum absolute atomic E-state index is 13.2. The van der Waals surface area contributed by atoms with Crippen molar-refractivity contribution < 1.29 is 9.21 Å². The van der Waals surface area contributed by atoms with E-state index in [-0.39, 0.29) is 11.6 Å². The molecule has 0 saturated heterocycles. The molecule has 1 amide bonds. The van der Waals surface area contributed by atoms with Gasteiger partial charge in [-0.3, -0.25) is 4.79 Å². The lowest BCUT2D eigenvalue weighted by atomic mass is 10.1. The number of amides is 1. The van der Waals surface area contributed by atoms with Gasteiger partial charge in [-0.05, 0) is 53.6 Å². The Bertz CT molecular complexity index is 1160. The van der Waals surface area contributed by atoms with Crippen LogP contribution in [0.25, 0.3) is 23.2 Å². The van der Waals surface area contributed by atoms with Gasteiger partial charge in [0.05, 0.1) is 6.26 Å². The largest absolute Gasteiger partial charge is 0.465 e. The molecule has 2 aromatic heterocycles. The van der Waals surface area contributed by atoms with Crippen LogP contribution < -0.4 is 5.32 Å². The van der Waals surface area contributed by atoms with Crippen LogP contribution in [0.5, 0.6) is 0 Å². The second-order valence-corrected chi connectivity index (χ2v) is 6.53. The van der Waals surface area contributed by atoms with E-state index in [1.807, 2.05) is 62.4 Å². The Morgan fingerprint density at radius 2 is 1.86 bits per heavy atom. The van der Waals surface area contributed by atoms with Crippen LogP contribution in [0.1, 0.15) is 16.9 Å². The number of hydrogen-bond donors (Lipinski definition) is 1. The topological polar surface area (TPSA) is 85.8 Å². The smallest absolute Gasteiger partial charge is 0.274 e. The Morgan fingerprint density at radius 1 is 1.03 bits per heavy atom. The lowest BCUT2D eigenvalue weighted by molar-refractivity contribution is -0.111. The van der Waals surface area contributed by atoms with Gasteiger partial charge in [-0.2, -0.15) is 4.68 Å².